The number of carboxylic acids is 1. The summed E-state index contributed by atoms with van der Waals surface area (Å²) in [6, 6.07) is 9.76. The summed E-state index contributed by atoms with van der Waals surface area (Å²) in [6.45, 7) is -0.518. The molecule has 0 spiro atoms. The molecule has 7 heteroatoms. The molecule has 0 fully saturated rings. The van der Waals surface area contributed by atoms with E-state index in [2.05, 4.69) is 15.9 Å². The van der Waals surface area contributed by atoms with Crippen molar-refractivity contribution in [1.29, 1.82) is 0 Å². The van der Waals surface area contributed by atoms with Crippen LogP contribution >= 0.6 is 15.9 Å². The minimum atomic E-state index is -1.12. The predicted octanol–water partition coefficient (Wildman–Crippen LogP) is 3.38. The van der Waals surface area contributed by atoms with Crippen LogP contribution in [-0.4, -0.2) is 36.4 Å². The summed E-state index contributed by atoms with van der Waals surface area (Å²) in [5.74, 6) is -1.26. The minimum absolute atomic E-state index is 0.0631. The highest BCUT2D eigenvalue weighted by molar-refractivity contribution is 9.10. The van der Waals surface area contributed by atoms with Crippen molar-refractivity contribution >= 4 is 39.5 Å². The Bertz CT molecular complexity index is 923. The van der Waals surface area contributed by atoms with Crippen molar-refractivity contribution in [3.63, 3.8) is 0 Å². The molecule has 2 aromatic rings. The molecule has 1 aliphatic rings. The number of halogens is 1. The number of allylic oxidation sites excluding steroid dienone is 1. The molecule has 0 aliphatic heterocycles. The first kappa shape index (κ1) is 17.9. The van der Waals surface area contributed by atoms with Gasteiger partial charge in [0, 0.05) is 15.6 Å². The lowest BCUT2D eigenvalue weighted by atomic mass is 10.1. The molecule has 1 aliphatic carbocycles. The Hall–Kier alpha value is -2.93. The molecule has 0 heterocycles. The smallest absolute Gasteiger partial charge is 0.341 e. The normalized spacial score (nSPS) is 12.8. The standard InChI is InChI=1S/C19H13BrO6/c1-25-15-7-10(14(20)8-16(15)26-9-17(21)22)6-13-18(23)11-4-2-3-5-12(11)19(13)24/h2-8H,9H2,1H3,(H,21,22). The Labute approximate surface area is 157 Å². The summed E-state index contributed by atoms with van der Waals surface area (Å²) in [4.78, 5) is 35.7. The van der Waals surface area contributed by atoms with Crippen molar-refractivity contribution in [2.75, 3.05) is 13.7 Å². The van der Waals surface area contributed by atoms with Gasteiger partial charge in [-0.15, -0.1) is 0 Å². The van der Waals surface area contributed by atoms with Gasteiger partial charge in [0.05, 0.1) is 12.7 Å². The Morgan fingerprint density at radius 2 is 1.73 bits per heavy atom. The molecule has 3 rings (SSSR count). The van der Waals surface area contributed by atoms with Crippen LogP contribution in [0.25, 0.3) is 6.08 Å². The Balaban J connectivity index is 2.00. The molecule has 0 aromatic heterocycles. The first-order valence-electron chi connectivity index (χ1n) is 7.54. The van der Waals surface area contributed by atoms with E-state index in [9.17, 15) is 14.4 Å². The van der Waals surface area contributed by atoms with Gasteiger partial charge in [0.1, 0.15) is 0 Å². The highest BCUT2D eigenvalue weighted by atomic mass is 79.9. The fourth-order valence-electron chi connectivity index (χ4n) is 2.63. The number of ether oxygens (including phenoxy) is 2. The van der Waals surface area contributed by atoms with Gasteiger partial charge in [-0.2, -0.15) is 0 Å². The molecule has 0 unspecified atom stereocenters. The third-order valence-corrected chi connectivity index (χ3v) is 4.53. The van der Waals surface area contributed by atoms with Crippen LogP contribution in [0.5, 0.6) is 11.5 Å². The number of carboxylic acid groups (broad SMARTS) is 1. The van der Waals surface area contributed by atoms with Crippen molar-refractivity contribution in [2.45, 2.75) is 0 Å². The van der Waals surface area contributed by atoms with Crippen molar-refractivity contribution in [1.82, 2.24) is 0 Å². The van der Waals surface area contributed by atoms with E-state index in [1.165, 1.54) is 19.3 Å². The number of Topliss-reactive ketones (excluding diaryl/α,β-unsaturated/α-hetero) is 2. The number of methoxy groups -OCH3 is 1. The van der Waals surface area contributed by atoms with Gasteiger partial charge >= 0.3 is 5.97 Å². The van der Waals surface area contributed by atoms with Crippen molar-refractivity contribution < 1.29 is 29.0 Å². The van der Waals surface area contributed by atoms with Crippen molar-refractivity contribution in [3.8, 4) is 11.5 Å². The van der Waals surface area contributed by atoms with Crippen LogP contribution in [0.2, 0.25) is 0 Å². The van der Waals surface area contributed by atoms with E-state index in [4.69, 9.17) is 14.6 Å². The van der Waals surface area contributed by atoms with E-state index in [-0.39, 0.29) is 28.6 Å². The van der Waals surface area contributed by atoms with Crippen LogP contribution in [0.3, 0.4) is 0 Å². The summed E-state index contributed by atoms with van der Waals surface area (Å²) in [5, 5.41) is 8.73. The maximum absolute atomic E-state index is 12.5. The number of rotatable bonds is 5. The van der Waals surface area contributed by atoms with Crippen LogP contribution in [0, 0.1) is 0 Å². The second kappa shape index (κ2) is 7.13. The van der Waals surface area contributed by atoms with E-state index >= 15 is 0 Å². The number of benzene rings is 2. The molecule has 6 nitrogen and oxygen atoms in total. The number of ketones is 2. The van der Waals surface area contributed by atoms with Crippen molar-refractivity contribution in [2.24, 2.45) is 0 Å². The predicted molar refractivity (Wildman–Crippen MR) is 96.9 cm³/mol. The molecule has 26 heavy (non-hydrogen) atoms. The molecular weight excluding hydrogens is 404 g/mol. The second-order valence-corrected chi connectivity index (χ2v) is 6.32. The first-order valence-corrected chi connectivity index (χ1v) is 8.34. The highest BCUT2D eigenvalue weighted by Crippen LogP contribution is 2.36. The number of hydrogen-bond donors (Lipinski definition) is 1. The largest absolute Gasteiger partial charge is 0.493 e. The Kier molecular flexibility index (Phi) is 4.90. The molecule has 2 aromatic carbocycles. The SMILES string of the molecule is COc1cc(C=C2C(=O)c3ccccc3C2=O)c(Br)cc1OCC(=O)O. The second-order valence-electron chi connectivity index (χ2n) is 5.47. The zero-order valence-corrected chi connectivity index (χ0v) is 15.2. The van der Waals surface area contributed by atoms with Gasteiger partial charge in [0.15, 0.2) is 29.7 Å². The molecule has 132 valence electrons. The lowest BCUT2D eigenvalue weighted by molar-refractivity contribution is -0.139. The number of hydrogen-bond acceptors (Lipinski definition) is 5. The maximum Gasteiger partial charge on any atom is 0.341 e. The van der Waals surface area contributed by atoms with Gasteiger partial charge in [-0.1, -0.05) is 40.2 Å². The monoisotopic (exact) mass is 416 g/mol. The molecule has 1 N–H and O–H groups in total. The van der Waals surface area contributed by atoms with E-state index in [0.717, 1.165) is 0 Å². The van der Waals surface area contributed by atoms with E-state index in [0.29, 0.717) is 21.2 Å². The van der Waals surface area contributed by atoms with Crippen LogP contribution in [-0.2, 0) is 4.79 Å². The van der Waals surface area contributed by atoms with Gasteiger partial charge in [-0.05, 0) is 23.8 Å². The summed E-state index contributed by atoms with van der Waals surface area (Å²) < 4.78 is 10.9. The summed E-state index contributed by atoms with van der Waals surface area (Å²) in [7, 11) is 1.41. The van der Waals surface area contributed by atoms with Crippen LogP contribution in [0.15, 0.2) is 46.4 Å². The number of aliphatic carboxylic acids is 1. The van der Waals surface area contributed by atoms with Crippen LogP contribution in [0.1, 0.15) is 26.3 Å². The van der Waals surface area contributed by atoms with E-state index in [1.54, 1.807) is 30.3 Å². The highest BCUT2D eigenvalue weighted by Gasteiger charge is 2.32. The fraction of sp³-hybridized carbons (Fsp3) is 0.105. The maximum atomic E-state index is 12.5. The van der Waals surface area contributed by atoms with Gasteiger partial charge in [0.2, 0.25) is 0 Å². The molecule has 0 atom stereocenters. The zero-order valence-electron chi connectivity index (χ0n) is 13.6. The molecular formula is C19H13BrO6. The first-order chi connectivity index (χ1) is 12.4. The molecule has 0 amide bonds. The number of fused-ring (bicyclic) bond motifs is 1. The average molecular weight is 417 g/mol. The molecule has 0 radical (unpaired) electrons. The third kappa shape index (κ3) is 3.25. The summed E-state index contributed by atoms with van der Waals surface area (Å²) in [6.07, 6.45) is 1.48. The topological polar surface area (TPSA) is 89.9 Å². The van der Waals surface area contributed by atoms with E-state index in [1.807, 2.05) is 0 Å². The van der Waals surface area contributed by atoms with Gasteiger partial charge in [-0.3, -0.25) is 9.59 Å². The van der Waals surface area contributed by atoms with Crippen LogP contribution < -0.4 is 9.47 Å². The summed E-state index contributed by atoms with van der Waals surface area (Å²) >= 11 is 3.35. The van der Waals surface area contributed by atoms with Crippen molar-refractivity contribution in [3.05, 3.63) is 63.1 Å². The zero-order chi connectivity index (χ0) is 18.8. The van der Waals surface area contributed by atoms with Crippen LogP contribution in [0.4, 0.5) is 0 Å². The molecule has 0 saturated carbocycles. The van der Waals surface area contributed by atoms with Gasteiger partial charge in [0.25, 0.3) is 0 Å². The summed E-state index contributed by atoms with van der Waals surface area (Å²) in [5.41, 5.74) is 1.36. The van der Waals surface area contributed by atoms with E-state index < -0.39 is 12.6 Å². The lowest BCUT2D eigenvalue weighted by Crippen LogP contribution is -2.10. The van der Waals surface area contributed by atoms with Gasteiger partial charge in [-0.25, -0.2) is 4.79 Å². The number of carbonyl (C=O) groups excluding carboxylic acids is 2. The molecule has 0 bridgehead atoms. The quantitative estimate of drug-likeness (QED) is 0.593. The van der Waals surface area contributed by atoms with Gasteiger partial charge < -0.3 is 14.6 Å². The number of carbonyl (C=O) groups is 3. The minimum Gasteiger partial charge on any atom is -0.493 e. The third-order valence-electron chi connectivity index (χ3n) is 3.84. The Morgan fingerprint density at radius 1 is 1.12 bits per heavy atom. The Morgan fingerprint density at radius 3 is 2.27 bits per heavy atom. The lowest BCUT2D eigenvalue weighted by Gasteiger charge is -2.11. The molecule has 0 saturated heterocycles. The average Bonchev–Trinajstić information content (AvgIpc) is 2.86. The fourth-order valence-corrected chi connectivity index (χ4v) is 3.07.